The van der Waals surface area contributed by atoms with Crippen molar-refractivity contribution < 1.29 is 9.47 Å². The molecule has 4 nitrogen and oxygen atoms in total. The van der Waals surface area contributed by atoms with E-state index < -0.39 is 0 Å². The van der Waals surface area contributed by atoms with E-state index in [-0.39, 0.29) is 0 Å². The van der Waals surface area contributed by atoms with E-state index in [4.69, 9.17) is 9.47 Å². The van der Waals surface area contributed by atoms with Gasteiger partial charge in [-0.25, -0.2) is 0 Å². The predicted molar refractivity (Wildman–Crippen MR) is 81.8 cm³/mol. The Bertz CT molecular complexity index is 587. The van der Waals surface area contributed by atoms with Gasteiger partial charge in [0, 0.05) is 30.4 Å². The molecule has 1 N–H and O–H groups in total. The van der Waals surface area contributed by atoms with Gasteiger partial charge in [-0.2, -0.15) is 0 Å². The number of hydrogen-bond donors (Lipinski definition) is 1. The Hall–Kier alpha value is -2.07. The average molecular weight is 284 g/mol. The Labute approximate surface area is 125 Å². The van der Waals surface area contributed by atoms with Crippen molar-refractivity contribution in [2.24, 2.45) is 0 Å². The number of hydrogen-bond acceptors (Lipinski definition) is 4. The molecule has 1 aliphatic heterocycles. The molecule has 0 fully saturated rings. The second-order valence-corrected chi connectivity index (χ2v) is 5.15. The van der Waals surface area contributed by atoms with E-state index in [0.717, 1.165) is 37.5 Å². The number of ether oxygens (including phenoxy) is 2. The topological polar surface area (TPSA) is 43.4 Å². The molecule has 0 aliphatic carbocycles. The van der Waals surface area contributed by atoms with Gasteiger partial charge < -0.3 is 14.8 Å². The summed E-state index contributed by atoms with van der Waals surface area (Å²) in [5.41, 5.74) is 2.49. The van der Waals surface area contributed by atoms with Crippen LogP contribution in [0.3, 0.4) is 0 Å². The zero-order chi connectivity index (χ0) is 14.5. The second kappa shape index (κ2) is 6.59. The quantitative estimate of drug-likeness (QED) is 0.917. The molecule has 1 unspecified atom stereocenters. The highest BCUT2D eigenvalue weighted by Gasteiger charge is 2.21. The number of aromatic nitrogens is 1. The summed E-state index contributed by atoms with van der Waals surface area (Å²) in [5.74, 6) is 1.84. The van der Waals surface area contributed by atoms with Gasteiger partial charge in [-0.1, -0.05) is 0 Å². The van der Waals surface area contributed by atoms with Crippen LogP contribution in [-0.2, 0) is 6.42 Å². The van der Waals surface area contributed by atoms with Crippen molar-refractivity contribution in [1.82, 2.24) is 10.3 Å². The van der Waals surface area contributed by atoms with Crippen LogP contribution in [0.25, 0.3) is 0 Å². The molecule has 21 heavy (non-hydrogen) atoms. The minimum atomic E-state index is 0.325. The molecular formula is C17H20N2O2. The average Bonchev–Trinajstić information content (AvgIpc) is 2.55. The molecule has 2 heterocycles. The highest BCUT2D eigenvalue weighted by molar-refractivity contribution is 5.43. The molecule has 0 saturated carbocycles. The van der Waals surface area contributed by atoms with Crippen LogP contribution in [0.5, 0.6) is 11.5 Å². The Kier molecular flexibility index (Phi) is 4.36. The molecular weight excluding hydrogens is 264 g/mol. The molecule has 3 rings (SSSR count). The Morgan fingerprint density at radius 2 is 2.14 bits per heavy atom. The Morgan fingerprint density at radius 1 is 1.29 bits per heavy atom. The molecule has 0 bridgehead atoms. The van der Waals surface area contributed by atoms with Crippen molar-refractivity contribution in [2.45, 2.75) is 18.9 Å². The minimum absolute atomic E-state index is 0.325. The third-order valence-electron chi connectivity index (χ3n) is 3.81. The fourth-order valence-electron chi connectivity index (χ4n) is 2.65. The molecule has 110 valence electrons. The molecule has 0 spiro atoms. The van der Waals surface area contributed by atoms with Crippen molar-refractivity contribution in [2.75, 3.05) is 20.3 Å². The number of fused-ring (bicyclic) bond motifs is 1. The molecule has 4 heteroatoms. The summed E-state index contributed by atoms with van der Waals surface area (Å²) in [6.07, 6.45) is 5.66. The van der Waals surface area contributed by atoms with Gasteiger partial charge in [0.05, 0.1) is 13.7 Å². The monoisotopic (exact) mass is 284 g/mol. The lowest BCUT2D eigenvalue weighted by molar-refractivity contribution is 0.252. The fraction of sp³-hybridized carbons (Fsp3) is 0.353. The number of methoxy groups -OCH3 is 1. The lowest BCUT2D eigenvalue weighted by atomic mass is 10.00. The molecule has 1 aliphatic rings. The fourth-order valence-corrected chi connectivity index (χ4v) is 2.65. The zero-order valence-electron chi connectivity index (χ0n) is 12.2. The van der Waals surface area contributed by atoms with Gasteiger partial charge in [0.15, 0.2) is 0 Å². The van der Waals surface area contributed by atoms with Crippen LogP contribution in [0.15, 0.2) is 42.7 Å². The van der Waals surface area contributed by atoms with Crippen LogP contribution < -0.4 is 14.8 Å². The van der Waals surface area contributed by atoms with Crippen LogP contribution in [0.1, 0.15) is 23.6 Å². The normalized spacial score (nSPS) is 16.9. The maximum atomic E-state index is 5.71. The number of benzene rings is 1. The minimum Gasteiger partial charge on any atom is -0.497 e. The molecule has 1 aromatic heterocycles. The van der Waals surface area contributed by atoms with E-state index in [1.165, 1.54) is 11.1 Å². The van der Waals surface area contributed by atoms with Crippen molar-refractivity contribution in [1.29, 1.82) is 0 Å². The van der Waals surface area contributed by atoms with Gasteiger partial charge in [-0.15, -0.1) is 0 Å². The van der Waals surface area contributed by atoms with Gasteiger partial charge in [0.25, 0.3) is 0 Å². The van der Waals surface area contributed by atoms with Crippen LogP contribution in [0, 0.1) is 0 Å². The van der Waals surface area contributed by atoms with Crippen LogP contribution >= 0.6 is 0 Å². The van der Waals surface area contributed by atoms with Gasteiger partial charge in [0.2, 0.25) is 0 Å². The molecule has 0 saturated heterocycles. The van der Waals surface area contributed by atoms with E-state index in [1.54, 1.807) is 7.11 Å². The first-order valence-electron chi connectivity index (χ1n) is 7.30. The highest BCUT2D eigenvalue weighted by Crippen LogP contribution is 2.34. The van der Waals surface area contributed by atoms with E-state index in [0.29, 0.717) is 6.04 Å². The zero-order valence-corrected chi connectivity index (χ0v) is 12.2. The van der Waals surface area contributed by atoms with Gasteiger partial charge in [-0.05, 0) is 48.9 Å². The standard InChI is InChI=1S/C17H20N2O2/c1-20-14-2-3-17-15(12-14)16(7-11-21-17)19-10-6-13-4-8-18-9-5-13/h2-5,8-9,12,16,19H,6-7,10-11H2,1H3. The SMILES string of the molecule is COc1ccc2c(c1)C(NCCc1ccncc1)CCO2. The Balaban J connectivity index is 1.64. The number of rotatable bonds is 5. The third-order valence-corrected chi connectivity index (χ3v) is 3.81. The summed E-state index contributed by atoms with van der Waals surface area (Å²) in [6.45, 7) is 1.69. The number of pyridine rings is 1. The number of nitrogens with zero attached hydrogens (tertiary/aromatic N) is 1. The van der Waals surface area contributed by atoms with E-state index in [2.05, 4.69) is 28.5 Å². The van der Waals surface area contributed by atoms with Crippen LogP contribution in [0.4, 0.5) is 0 Å². The molecule has 1 atom stereocenters. The highest BCUT2D eigenvalue weighted by atomic mass is 16.5. The van der Waals surface area contributed by atoms with Crippen LogP contribution in [0.2, 0.25) is 0 Å². The predicted octanol–water partition coefficient (Wildman–Crippen LogP) is 2.75. The molecule has 2 aromatic rings. The molecule has 0 amide bonds. The van der Waals surface area contributed by atoms with E-state index in [9.17, 15) is 0 Å². The van der Waals surface area contributed by atoms with Gasteiger partial charge in [-0.3, -0.25) is 4.98 Å². The first-order chi connectivity index (χ1) is 10.4. The maximum absolute atomic E-state index is 5.71. The summed E-state index contributed by atoms with van der Waals surface area (Å²) >= 11 is 0. The van der Waals surface area contributed by atoms with Crippen molar-refractivity contribution in [3.8, 4) is 11.5 Å². The lowest BCUT2D eigenvalue weighted by Gasteiger charge is -2.27. The van der Waals surface area contributed by atoms with Gasteiger partial charge >= 0.3 is 0 Å². The maximum Gasteiger partial charge on any atom is 0.124 e. The molecule has 1 aromatic carbocycles. The van der Waals surface area contributed by atoms with E-state index in [1.807, 2.05) is 24.5 Å². The summed E-state index contributed by atoms with van der Waals surface area (Å²) in [6, 6.07) is 10.4. The second-order valence-electron chi connectivity index (χ2n) is 5.15. The first kappa shape index (κ1) is 13.9. The lowest BCUT2D eigenvalue weighted by Crippen LogP contribution is -2.28. The van der Waals surface area contributed by atoms with E-state index >= 15 is 0 Å². The largest absolute Gasteiger partial charge is 0.497 e. The smallest absolute Gasteiger partial charge is 0.124 e. The van der Waals surface area contributed by atoms with Crippen molar-refractivity contribution in [3.05, 3.63) is 53.9 Å². The third kappa shape index (κ3) is 3.34. The summed E-state index contributed by atoms with van der Waals surface area (Å²) in [7, 11) is 1.69. The summed E-state index contributed by atoms with van der Waals surface area (Å²) < 4.78 is 11.0. The summed E-state index contributed by atoms with van der Waals surface area (Å²) in [4.78, 5) is 4.04. The van der Waals surface area contributed by atoms with Crippen LogP contribution in [-0.4, -0.2) is 25.2 Å². The Morgan fingerprint density at radius 3 is 2.95 bits per heavy atom. The number of nitrogens with one attached hydrogen (secondary N) is 1. The van der Waals surface area contributed by atoms with Crippen molar-refractivity contribution >= 4 is 0 Å². The first-order valence-corrected chi connectivity index (χ1v) is 7.30. The molecule has 0 radical (unpaired) electrons. The summed E-state index contributed by atoms with van der Waals surface area (Å²) in [5, 5.41) is 3.62. The van der Waals surface area contributed by atoms with Crippen molar-refractivity contribution in [3.63, 3.8) is 0 Å². The van der Waals surface area contributed by atoms with Gasteiger partial charge in [0.1, 0.15) is 11.5 Å².